The number of carboxylic acid groups (broad SMARTS) is 1. The number of methoxy groups -OCH3 is 1. The summed E-state index contributed by atoms with van der Waals surface area (Å²) in [5.41, 5.74) is 1.85. The summed E-state index contributed by atoms with van der Waals surface area (Å²) in [4.78, 5) is 13.7. The predicted molar refractivity (Wildman–Crippen MR) is 77.4 cm³/mol. The van der Waals surface area contributed by atoms with Gasteiger partial charge in [-0.25, -0.2) is 0 Å². The highest BCUT2D eigenvalue weighted by Gasteiger charge is 2.43. The number of rotatable bonds is 6. The molecule has 1 aliphatic rings. The molecule has 1 heterocycles. The molecule has 110 valence electrons. The van der Waals surface area contributed by atoms with Crippen molar-refractivity contribution >= 4 is 5.97 Å². The van der Waals surface area contributed by atoms with Crippen molar-refractivity contribution in [1.82, 2.24) is 4.90 Å². The number of nitrogens with zero attached hydrogens (tertiary/aromatic N) is 1. The van der Waals surface area contributed by atoms with Crippen molar-refractivity contribution in [1.29, 1.82) is 0 Å². The molecule has 0 aromatic heterocycles. The summed E-state index contributed by atoms with van der Waals surface area (Å²) < 4.78 is 5.22. The Morgan fingerprint density at radius 1 is 1.40 bits per heavy atom. The van der Waals surface area contributed by atoms with Gasteiger partial charge in [-0.15, -0.1) is 0 Å². The second-order valence-electron chi connectivity index (χ2n) is 5.60. The zero-order valence-corrected chi connectivity index (χ0v) is 12.3. The van der Waals surface area contributed by atoms with Crippen LogP contribution in [0.3, 0.4) is 0 Å². The SMILES string of the molecule is CCC1(C(=O)O)CCN(Cc2ccccc2COC)C1. The van der Waals surface area contributed by atoms with Gasteiger partial charge in [-0.3, -0.25) is 9.69 Å². The number of aliphatic carboxylic acids is 1. The largest absolute Gasteiger partial charge is 0.481 e. The van der Waals surface area contributed by atoms with Crippen LogP contribution in [0.15, 0.2) is 24.3 Å². The maximum Gasteiger partial charge on any atom is 0.310 e. The molecule has 1 unspecified atom stereocenters. The zero-order valence-electron chi connectivity index (χ0n) is 12.3. The summed E-state index contributed by atoms with van der Waals surface area (Å²) in [5, 5.41) is 9.44. The normalized spacial score (nSPS) is 23.1. The number of hydrogen-bond donors (Lipinski definition) is 1. The Morgan fingerprint density at radius 2 is 2.10 bits per heavy atom. The fraction of sp³-hybridized carbons (Fsp3) is 0.562. The van der Waals surface area contributed by atoms with Gasteiger partial charge in [-0.05, 0) is 30.5 Å². The van der Waals surface area contributed by atoms with Crippen LogP contribution >= 0.6 is 0 Å². The number of benzene rings is 1. The van der Waals surface area contributed by atoms with E-state index >= 15 is 0 Å². The lowest BCUT2D eigenvalue weighted by Gasteiger charge is -2.23. The number of likely N-dealkylation sites (tertiary alicyclic amines) is 1. The average Bonchev–Trinajstić information content (AvgIpc) is 2.86. The highest BCUT2D eigenvalue weighted by Crippen LogP contribution is 2.35. The van der Waals surface area contributed by atoms with Crippen LogP contribution in [0.25, 0.3) is 0 Å². The molecule has 20 heavy (non-hydrogen) atoms. The first-order chi connectivity index (χ1) is 9.61. The minimum Gasteiger partial charge on any atom is -0.481 e. The zero-order chi connectivity index (χ0) is 14.6. The summed E-state index contributed by atoms with van der Waals surface area (Å²) in [5.74, 6) is -0.660. The number of carboxylic acids is 1. The average molecular weight is 277 g/mol. The summed E-state index contributed by atoms with van der Waals surface area (Å²) in [7, 11) is 1.69. The maximum absolute atomic E-state index is 11.5. The topological polar surface area (TPSA) is 49.8 Å². The fourth-order valence-corrected chi connectivity index (χ4v) is 2.96. The van der Waals surface area contributed by atoms with E-state index in [-0.39, 0.29) is 0 Å². The molecule has 0 aliphatic carbocycles. The highest BCUT2D eigenvalue weighted by molar-refractivity contribution is 5.75. The van der Waals surface area contributed by atoms with Gasteiger partial charge in [0.05, 0.1) is 12.0 Å². The van der Waals surface area contributed by atoms with Crippen LogP contribution in [0.4, 0.5) is 0 Å². The third-order valence-corrected chi connectivity index (χ3v) is 4.38. The molecule has 0 saturated carbocycles. The van der Waals surface area contributed by atoms with Gasteiger partial charge in [0.25, 0.3) is 0 Å². The van der Waals surface area contributed by atoms with Gasteiger partial charge in [0.2, 0.25) is 0 Å². The maximum atomic E-state index is 11.5. The molecule has 2 rings (SSSR count). The van der Waals surface area contributed by atoms with Gasteiger partial charge < -0.3 is 9.84 Å². The van der Waals surface area contributed by atoms with Crippen molar-refractivity contribution in [3.8, 4) is 0 Å². The Morgan fingerprint density at radius 3 is 2.65 bits per heavy atom. The smallest absolute Gasteiger partial charge is 0.310 e. The van der Waals surface area contributed by atoms with Crippen LogP contribution in [0, 0.1) is 5.41 Å². The van der Waals surface area contributed by atoms with E-state index in [0.717, 1.165) is 19.5 Å². The molecule has 1 N–H and O–H groups in total. The third-order valence-electron chi connectivity index (χ3n) is 4.38. The fourth-order valence-electron chi connectivity index (χ4n) is 2.96. The lowest BCUT2D eigenvalue weighted by molar-refractivity contribution is -0.148. The van der Waals surface area contributed by atoms with Crippen LogP contribution in [0.1, 0.15) is 30.9 Å². The molecule has 0 amide bonds. The standard InChI is InChI=1S/C16H23NO3/c1-3-16(15(18)19)8-9-17(12-16)10-13-6-4-5-7-14(13)11-20-2/h4-7H,3,8-12H2,1-2H3,(H,18,19). The third kappa shape index (κ3) is 3.02. The minimum absolute atomic E-state index is 0.559. The van der Waals surface area contributed by atoms with E-state index in [1.165, 1.54) is 11.1 Å². The minimum atomic E-state index is -0.660. The first kappa shape index (κ1) is 15.0. The van der Waals surface area contributed by atoms with Crippen molar-refractivity contribution in [3.05, 3.63) is 35.4 Å². The second kappa shape index (κ2) is 6.37. The van der Waals surface area contributed by atoms with Gasteiger partial charge >= 0.3 is 5.97 Å². The number of carbonyl (C=O) groups is 1. The van der Waals surface area contributed by atoms with Gasteiger partial charge in [-0.2, -0.15) is 0 Å². The van der Waals surface area contributed by atoms with Crippen molar-refractivity contribution in [2.45, 2.75) is 32.9 Å². The Bertz CT molecular complexity index is 475. The lowest BCUT2D eigenvalue weighted by Crippen LogP contribution is -2.34. The second-order valence-corrected chi connectivity index (χ2v) is 5.60. The summed E-state index contributed by atoms with van der Waals surface area (Å²) in [6.45, 7) is 4.86. The van der Waals surface area contributed by atoms with Gasteiger partial charge in [0, 0.05) is 20.2 Å². The molecule has 0 radical (unpaired) electrons. The molecule has 1 atom stereocenters. The Balaban J connectivity index is 2.07. The van der Waals surface area contributed by atoms with E-state index in [4.69, 9.17) is 4.74 Å². The predicted octanol–water partition coefficient (Wildman–Crippen LogP) is 2.52. The monoisotopic (exact) mass is 277 g/mol. The van der Waals surface area contributed by atoms with E-state index in [9.17, 15) is 9.90 Å². The van der Waals surface area contributed by atoms with Crippen LogP contribution in [0.5, 0.6) is 0 Å². The summed E-state index contributed by atoms with van der Waals surface area (Å²) in [6, 6.07) is 8.20. The van der Waals surface area contributed by atoms with Crippen molar-refractivity contribution in [2.24, 2.45) is 5.41 Å². The molecule has 4 nitrogen and oxygen atoms in total. The highest BCUT2D eigenvalue weighted by atomic mass is 16.5. The van der Waals surface area contributed by atoms with Crippen LogP contribution < -0.4 is 0 Å². The van der Waals surface area contributed by atoms with Gasteiger partial charge in [0.15, 0.2) is 0 Å². The molecular formula is C16H23NO3. The first-order valence-electron chi connectivity index (χ1n) is 7.13. The molecule has 0 spiro atoms. The van der Waals surface area contributed by atoms with Crippen molar-refractivity contribution in [3.63, 3.8) is 0 Å². The van der Waals surface area contributed by atoms with Crippen LogP contribution in [-0.4, -0.2) is 36.2 Å². The Hall–Kier alpha value is -1.39. The summed E-state index contributed by atoms with van der Waals surface area (Å²) in [6.07, 6.45) is 1.43. The Kier molecular flexibility index (Phi) is 4.78. The molecule has 4 heteroatoms. The van der Waals surface area contributed by atoms with E-state index in [1.807, 2.05) is 19.1 Å². The lowest BCUT2D eigenvalue weighted by atomic mass is 9.84. The van der Waals surface area contributed by atoms with E-state index in [2.05, 4.69) is 17.0 Å². The molecule has 1 aromatic carbocycles. The molecule has 1 saturated heterocycles. The first-order valence-corrected chi connectivity index (χ1v) is 7.13. The summed E-state index contributed by atoms with van der Waals surface area (Å²) >= 11 is 0. The van der Waals surface area contributed by atoms with Crippen molar-refractivity contribution < 1.29 is 14.6 Å². The van der Waals surface area contributed by atoms with E-state index in [0.29, 0.717) is 19.6 Å². The van der Waals surface area contributed by atoms with Crippen LogP contribution in [0.2, 0.25) is 0 Å². The van der Waals surface area contributed by atoms with Gasteiger partial charge in [-0.1, -0.05) is 31.2 Å². The van der Waals surface area contributed by atoms with Crippen LogP contribution in [-0.2, 0) is 22.7 Å². The molecule has 1 fully saturated rings. The van der Waals surface area contributed by atoms with E-state index < -0.39 is 11.4 Å². The quantitative estimate of drug-likeness (QED) is 0.868. The molecular weight excluding hydrogens is 254 g/mol. The number of hydrogen-bond acceptors (Lipinski definition) is 3. The van der Waals surface area contributed by atoms with Crippen molar-refractivity contribution in [2.75, 3.05) is 20.2 Å². The number of ether oxygens (including phenoxy) is 1. The molecule has 1 aromatic rings. The van der Waals surface area contributed by atoms with Gasteiger partial charge in [0.1, 0.15) is 0 Å². The Labute approximate surface area is 120 Å². The molecule has 0 bridgehead atoms. The van der Waals surface area contributed by atoms with E-state index in [1.54, 1.807) is 7.11 Å². The molecule has 1 aliphatic heterocycles.